The summed E-state index contributed by atoms with van der Waals surface area (Å²) in [7, 11) is 1.66. The lowest BCUT2D eigenvalue weighted by atomic mass is 10.1. The van der Waals surface area contributed by atoms with E-state index < -0.39 is 0 Å². The van der Waals surface area contributed by atoms with E-state index in [0.29, 0.717) is 12.0 Å². The number of thiazole rings is 1. The summed E-state index contributed by atoms with van der Waals surface area (Å²) in [6, 6.07) is 0.637. The van der Waals surface area contributed by atoms with Crippen LogP contribution in [0.2, 0.25) is 0 Å². The topological polar surface area (TPSA) is 34.1 Å². The first kappa shape index (κ1) is 8.97. The zero-order valence-electron chi connectivity index (χ0n) is 7.91. The van der Waals surface area contributed by atoms with Crippen LogP contribution < -0.4 is 10.1 Å². The van der Waals surface area contributed by atoms with Crippen LogP contribution in [0.1, 0.15) is 24.1 Å². The number of aromatic nitrogens is 1. The van der Waals surface area contributed by atoms with Crippen molar-refractivity contribution in [2.75, 3.05) is 13.7 Å². The molecule has 13 heavy (non-hydrogen) atoms. The molecule has 2 unspecified atom stereocenters. The van der Waals surface area contributed by atoms with Gasteiger partial charge in [-0.3, -0.25) is 0 Å². The minimum absolute atomic E-state index is 0.636. The highest BCUT2D eigenvalue weighted by molar-refractivity contribution is 7.13. The second kappa shape index (κ2) is 3.64. The quantitative estimate of drug-likeness (QED) is 0.784. The maximum absolute atomic E-state index is 5.07. The van der Waals surface area contributed by atoms with Gasteiger partial charge in [0.25, 0.3) is 5.19 Å². The summed E-state index contributed by atoms with van der Waals surface area (Å²) in [4.78, 5) is 5.51. The van der Waals surface area contributed by atoms with Gasteiger partial charge in [0.2, 0.25) is 0 Å². The van der Waals surface area contributed by atoms with Crippen LogP contribution in [0.15, 0.2) is 6.20 Å². The van der Waals surface area contributed by atoms with Crippen LogP contribution >= 0.6 is 11.3 Å². The van der Waals surface area contributed by atoms with Crippen molar-refractivity contribution >= 4 is 11.3 Å². The normalized spacial score (nSPS) is 27.8. The average Bonchev–Trinajstić information content (AvgIpc) is 2.71. The minimum Gasteiger partial charge on any atom is -0.473 e. The third-order valence-corrected chi connectivity index (χ3v) is 3.55. The van der Waals surface area contributed by atoms with Crippen LogP contribution in [-0.2, 0) is 0 Å². The van der Waals surface area contributed by atoms with Crippen LogP contribution in [0, 0.1) is 0 Å². The van der Waals surface area contributed by atoms with Gasteiger partial charge in [0.05, 0.1) is 7.11 Å². The van der Waals surface area contributed by atoms with E-state index in [2.05, 4.69) is 17.2 Å². The molecule has 2 atom stereocenters. The monoisotopic (exact) mass is 198 g/mol. The third kappa shape index (κ3) is 1.84. The molecule has 0 radical (unpaired) electrons. The highest BCUT2D eigenvalue weighted by Gasteiger charge is 2.23. The summed E-state index contributed by atoms with van der Waals surface area (Å²) >= 11 is 1.66. The molecule has 72 valence electrons. The molecule has 2 rings (SSSR count). The molecule has 0 aromatic carbocycles. The lowest BCUT2D eigenvalue weighted by Gasteiger charge is -2.02. The largest absolute Gasteiger partial charge is 0.473 e. The molecule has 1 saturated heterocycles. The number of nitrogens with zero attached hydrogens (tertiary/aromatic N) is 1. The number of ether oxygens (including phenoxy) is 1. The average molecular weight is 198 g/mol. The fourth-order valence-corrected chi connectivity index (χ4v) is 2.55. The molecule has 2 heterocycles. The predicted octanol–water partition coefficient (Wildman–Crippen LogP) is 1.62. The Morgan fingerprint density at radius 2 is 2.54 bits per heavy atom. The molecule has 0 saturated carbocycles. The maximum Gasteiger partial charge on any atom is 0.273 e. The first-order chi connectivity index (χ1) is 6.29. The molecular weight excluding hydrogens is 184 g/mol. The first-order valence-corrected chi connectivity index (χ1v) is 5.34. The van der Waals surface area contributed by atoms with Gasteiger partial charge in [-0.1, -0.05) is 11.3 Å². The molecule has 1 aromatic heterocycles. The van der Waals surface area contributed by atoms with Crippen molar-refractivity contribution in [1.82, 2.24) is 10.3 Å². The van der Waals surface area contributed by atoms with E-state index in [1.807, 2.05) is 6.20 Å². The summed E-state index contributed by atoms with van der Waals surface area (Å²) in [6.45, 7) is 3.30. The molecule has 0 amide bonds. The van der Waals surface area contributed by atoms with Gasteiger partial charge < -0.3 is 10.1 Å². The Hall–Kier alpha value is -0.610. The standard InChI is InChI=1S/C9H14N2OS/c1-6-3-7(4-10-6)8-5-11-9(12-2)13-8/h5-7,10H,3-4H2,1-2H3. The van der Waals surface area contributed by atoms with Gasteiger partial charge in [-0.05, 0) is 13.3 Å². The highest BCUT2D eigenvalue weighted by Crippen LogP contribution is 2.32. The molecule has 1 N–H and O–H groups in total. The molecule has 1 fully saturated rings. The van der Waals surface area contributed by atoms with Crippen molar-refractivity contribution in [3.05, 3.63) is 11.1 Å². The Bertz CT molecular complexity index is 287. The zero-order valence-corrected chi connectivity index (χ0v) is 8.73. The lowest BCUT2D eigenvalue weighted by molar-refractivity contribution is 0.412. The molecule has 1 aromatic rings. The summed E-state index contributed by atoms with van der Waals surface area (Å²) in [5.74, 6) is 0.636. The molecule has 4 heteroatoms. The van der Waals surface area contributed by atoms with E-state index in [4.69, 9.17) is 4.74 Å². The zero-order chi connectivity index (χ0) is 9.26. The summed E-state index contributed by atoms with van der Waals surface area (Å²) in [6.07, 6.45) is 3.15. The fourth-order valence-electron chi connectivity index (χ4n) is 1.71. The molecule has 1 aliphatic rings. The lowest BCUT2D eigenvalue weighted by Crippen LogP contribution is -2.16. The minimum atomic E-state index is 0.636. The van der Waals surface area contributed by atoms with Gasteiger partial charge in [-0.2, -0.15) is 0 Å². The van der Waals surface area contributed by atoms with Gasteiger partial charge in [0, 0.05) is 29.6 Å². The van der Waals surface area contributed by atoms with Crippen molar-refractivity contribution in [1.29, 1.82) is 0 Å². The molecule has 0 spiro atoms. The van der Waals surface area contributed by atoms with E-state index in [0.717, 1.165) is 11.7 Å². The first-order valence-electron chi connectivity index (χ1n) is 4.52. The van der Waals surface area contributed by atoms with Gasteiger partial charge in [0.1, 0.15) is 0 Å². The molecular formula is C9H14N2OS. The van der Waals surface area contributed by atoms with E-state index >= 15 is 0 Å². The van der Waals surface area contributed by atoms with Gasteiger partial charge in [-0.15, -0.1) is 0 Å². The van der Waals surface area contributed by atoms with E-state index in [9.17, 15) is 0 Å². The van der Waals surface area contributed by atoms with Crippen LogP contribution in [0.5, 0.6) is 5.19 Å². The fraction of sp³-hybridized carbons (Fsp3) is 0.667. The van der Waals surface area contributed by atoms with Crippen LogP contribution in [-0.4, -0.2) is 24.7 Å². The number of rotatable bonds is 2. The number of nitrogens with one attached hydrogen (secondary N) is 1. The van der Waals surface area contributed by atoms with E-state index in [1.54, 1.807) is 18.4 Å². The van der Waals surface area contributed by atoms with Crippen molar-refractivity contribution in [2.45, 2.75) is 25.3 Å². The van der Waals surface area contributed by atoms with Crippen LogP contribution in [0.4, 0.5) is 0 Å². The number of hydrogen-bond acceptors (Lipinski definition) is 4. The highest BCUT2D eigenvalue weighted by atomic mass is 32.1. The molecule has 3 nitrogen and oxygen atoms in total. The SMILES string of the molecule is COc1ncc(C2CNC(C)C2)s1. The molecule has 1 aliphatic heterocycles. The smallest absolute Gasteiger partial charge is 0.273 e. The Morgan fingerprint density at radius 3 is 3.08 bits per heavy atom. The second-order valence-electron chi connectivity index (χ2n) is 3.47. The van der Waals surface area contributed by atoms with Crippen LogP contribution in [0.25, 0.3) is 0 Å². The molecule has 0 bridgehead atoms. The Labute approximate surface area is 82.1 Å². The Balaban J connectivity index is 2.08. The maximum atomic E-state index is 5.07. The summed E-state index contributed by atoms with van der Waals surface area (Å²) < 4.78 is 5.07. The van der Waals surface area contributed by atoms with E-state index in [-0.39, 0.29) is 0 Å². The Morgan fingerprint density at radius 1 is 1.69 bits per heavy atom. The van der Waals surface area contributed by atoms with E-state index in [1.165, 1.54) is 11.3 Å². The summed E-state index contributed by atoms with van der Waals surface area (Å²) in [5, 5.41) is 4.21. The second-order valence-corrected chi connectivity index (χ2v) is 4.50. The van der Waals surface area contributed by atoms with Crippen molar-refractivity contribution in [2.24, 2.45) is 0 Å². The van der Waals surface area contributed by atoms with Crippen molar-refractivity contribution < 1.29 is 4.74 Å². The van der Waals surface area contributed by atoms with Crippen molar-refractivity contribution in [3.8, 4) is 5.19 Å². The molecule has 0 aliphatic carbocycles. The third-order valence-electron chi connectivity index (χ3n) is 2.43. The summed E-state index contributed by atoms with van der Waals surface area (Å²) in [5.41, 5.74) is 0. The van der Waals surface area contributed by atoms with Crippen LogP contribution in [0.3, 0.4) is 0 Å². The number of hydrogen-bond donors (Lipinski definition) is 1. The Kier molecular flexibility index (Phi) is 2.51. The predicted molar refractivity (Wildman–Crippen MR) is 53.5 cm³/mol. The van der Waals surface area contributed by atoms with Gasteiger partial charge in [-0.25, -0.2) is 4.98 Å². The van der Waals surface area contributed by atoms with Gasteiger partial charge in [0.15, 0.2) is 0 Å². The number of methoxy groups -OCH3 is 1. The van der Waals surface area contributed by atoms with Crippen molar-refractivity contribution in [3.63, 3.8) is 0 Å². The van der Waals surface area contributed by atoms with Gasteiger partial charge >= 0.3 is 0 Å².